The molecule has 5 aromatic rings. The Morgan fingerprint density at radius 2 is 1.74 bits per heavy atom. The van der Waals surface area contributed by atoms with Gasteiger partial charge in [-0.3, -0.25) is 5.32 Å². The fraction of sp³-hybridized carbons (Fsp3) is 0.321. The van der Waals surface area contributed by atoms with Crippen molar-refractivity contribution in [2.24, 2.45) is 5.73 Å². The number of hydrogen-bond acceptors (Lipinski definition) is 5. The van der Waals surface area contributed by atoms with E-state index in [2.05, 4.69) is 106 Å². The predicted octanol–water partition coefficient (Wildman–Crippen LogP) is 4.94. The summed E-state index contributed by atoms with van der Waals surface area (Å²) >= 11 is 0. The van der Waals surface area contributed by atoms with E-state index < -0.39 is 0 Å². The van der Waals surface area contributed by atoms with Crippen molar-refractivity contribution in [3.05, 3.63) is 89.2 Å². The lowest BCUT2D eigenvalue weighted by molar-refractivity contribution is 0.488. The molecule has 0 spiro atoms. The van der Waals surface area contributed by atoms with Crippen molar-refractivity contribution in [3.8, 4) is 0 Å². The molecule has 5 rings (SSSR count). The van der Waals surface area contributed by atoms with Gasteiger partial charge in [0, 0.05) is 48.0 Å². The van der Waals surface area contributed by atoms with E-state index in [1.165, 1.54) is 27.4 Å². The number of benzene rings is 3. The maximum atomic E-state index is 5.87. The topological polar surface area (TPSA) is 86.6 Å². The van der Waals surface area contributed by atoms with Crippen LogP contribution in [0, 0.1) is 0 Å². The van der Waals surface area contributed by atoms with Gasteiger partial charge in [-0.05, 0) is 58.7 Å². The van der Waals surface area contributed by atoms with Crippen LogP contribution in [0.1, 0.15) is 55.2 Å². The molecule has 180 valence electrons. The second kappa shape index (κ2) is 10.4. The summed E-state index contributed by atoms with van der Waals surface area (Å²) in [6, 6.07) is 23.6. The van der Waals surface area contributed by atoms with Crippen LogP contribution in [0.2, 0.25) is 0 Å². The van der Waals surface area contributed by atoms with E-state index in [0.29, 0.717) is 13.1 Å². The van der Waals surface area contributed by atoms with Crippen LogP contribution >= 0.6 is 0 Å². The lowest BCUT2D eigenvalue weighted by Gasteiger charge is -2.19. The van der Waals surface area contributed by atoms with Crippen LogP contribution in [0.25, 0.3) is 21.8 Å². The number of nitrogens with two attached hydrogens (primary N) is 1. The molecule has 0 radical (unpaired) electrons. The zero-order chi connectivity index (χ0) is 24.2. The summed E-state index contributed by atoms with van der Waals surface area (Å²) in [5.74, 6) is 0.840. The highest BCUT2D eigenvalue weighted by molar-refractivity contribution is 6.08. The summed E-state index contributed by atoms with van der Waals surface area (Å²) < 4.78 is 4.32. The molecule has 0 bridgehead atoms. The van der Waals surface area contributed by atoms with Crippen molar-refractivity contribution < 1.29 is 0 Å². The Bertz CT molecular complexity index is 1430. The first-order chi connectivity index (χ1) is 17.2. The van der Waals surface area contributed by atoms with Crippen LogP contribution in [-0.2, 0) is 26.2 Å². The largest absolute Gasteiger partial charge is 0.341 e. The van der Waals surface area contributed by atoms with E-state index in [9.17, 15) is 0 Å². The lowest BCUT2D eigenvalue weighted by atomic mass is 10.0. The number of aryl methyl sites for hydroxylation is 2. The third-order valence-corrected chi connectivity index (χ3v) is 6.72. The molecular formula is C28H33N7. The first-order valence-electron chi connectivity index (χ1n) is 12.5. The number of fused-ring (bicyclic) bond motifs is 3. The molecule has 0 saturated heterocycles. The second-order valence-electron chi connectivity index (χ2n) is 8.99. The summed E-state index contributed by atoms with van der Waals surface area (Å²) in [7, 11) is 0. The number of hydrogen-bond donors (Lipinski definition) is 2. The number of nitrogens with one attached hydrogen (secondary N) is 1. The molecule has 2 heterocycles. The SMILES string of the molecule is CCCCn1nnnc1C(NCc1cccc(CN)c1)c1ccc2c(c1)c1ccccc1n2CC. The molecule has 35 heavy (non-hydrogen) atoms. The molecule has 3 N–H and O–H groups in total. The maximum Gasteiger partial charge on any atom is 0.172 e. The van der Waals surface area contributed by atoms with Crippen molar-refractivity contribution >= 4 is 21.8 Å². The number of unbranched alkanes of at least 4 members (excludes halogenated alkanes) is 1. The Kier molecular flexibility index (Phi) is 6.88. The Hall–Kier alpha value is -3.55. The van der Waals surface area contributed by atoms with Gasteiger partial charge in [-0.1, -0.05) is 61.9 Å². The molecule has 3 aromatic carbocycles. The minimum absolute atomic E-state index is 0.142. The van der Waals surface area contributed by atoms with E-state index >= 15 is 0 Å². The first kappa shape index (κ1) is 23.2. The quantitative estimate of drug-likeness (QED) is 0.304. The second-order valence-corrected chi connectivity index (χ2v) is 8.99. The number of nitrogens with zero attached hydrogens (tertiary/aromatic N) is 5. The van der Waals surface area contributed by atoms with E-state index in [4.69, 9.17) is 5.73 Å². The smallest absolute Gasteiger partial charge is 0.172 e. The molecular weight excluding hydrogens is 434 g/mol. The molecule has 7 nitrogen and oxygen atoms in total. The van der Waals surface area contributed by atoms with Crippen LogP contribution in [0.15, 0.2) is 66.7 Å². The van der Waals surface area contributed by atoms with E-state index in [1.54, 1.807) is 0 Å². The minimum atomic E-state index is -0.142. The van der Waals surface area contributed by atoms with Crippen molar-refractivity contribution in [2.75, 3.05) is 0 Å². The van der Waals surface area contributed by atoms with Crippen molar-refractivity contribution in [1.82, 2.24) is 30.1 Å². The van der Waals surface area contributed by atoms with Crippen molar-refractivity contribution in [2.45, 2.75) is 58.9 Å². The monoisotopic (exact) mass is 467 g/mol. The molecule has 7 heteroatoms. The van der Waals surface area contributed by atoms with Gasteiger partial charge in [0.05, 0.1) is 6.04 Å². The minimum Gasteiger partial charge on any atom is -0.341 e. The van der Waals surface area contributed by atoms with Gasteiger partial charge in [-0.15, -0.1) is 5.10 Å². The highest BCUT2D eigenvalue weighted by Crippen LogP contribution is 2.32. The molecule has 0 amide bonds. The molecule has 1 atom stereocenters. The van der Waals surface area contributed by atoms with E-state index in [1.807, 2.05) is 4.68 Å². The van der Waals surface area contributed by atoms with Gasteiger partial charge >= 0.3 is 0 Å². The molecule has 1 unspecified atom stereocenters. The van der Waals surface area contributed by atoms with Crippen LogP contribution in [0.3, 0.4) is 0 Å². The van der Waals surface area contributed by atoms with Gasteiger partial charge in [-0.2, -0.15) is 0 Å². The van der Waals surface area contributed by atoms with Gasteiger partial charge < -0.3 is 10.3 Å². The van der Waals surface area contributed by atoms with Gasteiger partial charge in [0.1, 0.15) is 0 Å². The third-order valence-electron chi connectivity index (χ3n) is 6.72. The first-order valence-corrected chi connectivity index (χ1v) is 12.5. The average molecular weight is 468 g/mol. The normalized spacial score (nSPS) is 12.5. The van der Waals surface area contributed by atoms with Crippen LogP contribution < -0.4 is 11.1 Å². The van der Waals surface area contributed by atoms with E-state index in [-0.39, 0.29) is 6.04 Å². The van der Waals surface area contributed by atoms with E-state index in [0.717, 1.165) is 42.9 Å². The standard InChI is InChI=1S/C28H33N7/c1-3-5-15-35-28(31-32-33-35)27(30-19-21-10-8-9-20(16-21)18-29)22-13-14-26-24(17-22)23-11-6-7-12-25(23)34(26)4-2/h6-14,16-17,27,30H,3-5,15,18-19,29H2,1-2H3. The highest BCUT2D eigenvalue weighted by atomic mass is 15.5. The summed E-state index contributed by atoms with van der Waals surface area (Å²) in [5, 5.41) is 19.1. The Labute approximate surface area is 205 Å². The molecule has 0 aliphatic carbocycles. The Morgan fingerprint density at radius 3 is 2.57 bits per heavy atom. The lowest BCUT2D eigenvalue weighted by Crippen LogP contribution is -2.26. The Morgan fingerprint density at radius 1 is 0.914 bits per heavy atom. The van der Waals surface area contributed by atoms with Crippen molar-refractivity contribution in [1.29, 1.82) is 0 Å². The zero-order valence-electron chi connectivity index (χ0n) is 20.5. The summed E-state index contributed by atoms with van der Waals surface area (Å²) in [6.45, 7) is 7.33. The molecule has 0 aliphatic heterocycles. The molecule has 0 aliphatic rings. The fourth-order valence-corrected chi connectivity index (χ4v) is 4.92. The number of para-hydroxylation sites is 1. The highest BCUT2D eigenvalue weighted by Gasteiger charge is 2.22. The number of tetrazole rings is 1. The Balaban J connectivity index is 1.58. The molecule has 0 fully saturated rings. The number of rotatable bonds is 10. The molecule has 0 saturated carbocycles. The number of aromatic nitrogens is 5. The predicted molar refractivity (Wildman–Crippen MR) is 141 cm³/mol. The van der Waals surface area contributed by atoms with Gasteiger partial charge in [0.15, 0.2) is 5.82 Å². The van der Waals surface area contributed by atoms with Gasteiger partial charge in [0.2, 0.25) is 0 Å². The fourth-order valence-electron chi connectivity index (χ4n) is 4.92. The van der Waals surface area contributed by atoms with Crippen LogP contribution in [0.4, 0.5) is 0 Å². The average Bonchev–Trinajstić information content (AvgIpc) is 3.49. The third kappa shape index (κ3) is 4.57. The summed E-state index contributed by atoms with van der Waals surface area (Å²) in [4.78, 5) is 0. The van der Waals surface area contributed by atoms with Crippen molar-refractivity contribution in [3.63, 3.8) is 0 Å². The van der Waals surface area contributed by atoms with Crippen LogP contribution in [-0.4, -0.2) is 24.8 Å². The van der Waals surface area contributed by atoms with Gasteiger partial charge in [-0.25, -0.2) is 4.68 Å². The zero-order valence-corrected chi connectivity index (χ0v) is 20.5. The summed E-state index contributed by atoms with van der Waals surface area (Å²) in [5.41, 5.74) is 11.8. The maximum absolute atomic E-state index is 5.87. The molecule has 2 aromatic heterocycles. The van der Waals surface area contributed by atoms with Gasteiger partial charge in [0.25, 0.3) is 0 Å². The van der Waals surface area contributed by atoms with Crippen LogP contribution in [0.5, 0.6) is 0 Å². The summed E-state index contributed by atoms with van der Waals surface area (Å²) in [6.07, 6.45) is 2.12.